The van der Waals surface area contributed by atoms with Crippen molar-refractivity contribution < 1.29 is 14.6 Å². The molecule has 2 fully saturated rings. The van der Waals surface area contributed by atoms with E-state index in [1.165, 1.54) is 12.7 Å². The number of carbonyl (C=O) groups excluding carboxylic acids is 1. The van der Waals surface area contributed by atoms with Crippen LogP contribution in [0.2, 0.25) is 0 Å². The largest absolute Gasteiger partial charge is 0.504 e. The smallest absolute Gasteiger partial charge is 0.221 e. The zero-order valence-corrected chi connectivity index (χ0v) is 13.9. The number of rotatable bonds is 3. The predicted octanol–water partition coefficient (Wildman–Crippen LogP) is 1.80. The lowest BCUT2D eigenvalue weighted by Gasteiger charge is -2.36. The van der Waals surface area contributed by atoms with Gasteiger partial charge in [0.15, 0.2) is 11.5 Å². The van der Waals surface area contributed by atoms with Gasteiger partial charge in [-0.05, 0) is 23.3 Å². The molecule has 4 atom stereocenters. The van der Waals surface area contributed by atoms with Crippen LogP contribution >= 0.6 is 0 Å². The van der Waals surface area contributed by atoms with E-state index in [1.54, 1.807) is 6.07 Å². The normalized spacial score (nSPS) is 28.3. The number of methoxy groups -OCH3 is 1. The van der Waals surface area contributed by atoms with Crippen LogP contribution in [0.15, 0.2) is 48.5 Å². The maximum Gasteiger partial charge on any atom is 0.221 e. The van der Waals surface area contributed by atoms with E-state index in [4.69, 9.17) is 4.74 Å². The van der Waals surface area contributed by atoms with Crippen LogP contribution in [0, 0.1) is 5.92 Å². The first kappa shape index (κ1) is 15.9. The van der Waals surface area contributed by atoms with E-state index >= 15 is 0 Å². The van der Waals surface area contributed by atoms with E-state index in [9.17, 15) is 9.90 Å². The van der Waals surface area contributed by atoms with Crippen LogP contribution in [0.4, 0.5) is 0 Å². The van der Waals surface area contributed by atoms with Crippen molar-refractivity contribution in [1.82, 2.24) is 16.2 Å². The Balaban J connectivity index is 1.73. The number of hydrogen-bond donors (Lipinski definition) is 4. The zero-order chi connectivity index (χ0) is 17.4. The highest BCUT2D eigenvalue weighted by Crippen LogP contribution is 2.44. The van der Waals surface area contributed by atoms with Crippen molar-refractivity contribution in [1.29, 1.82) is 0 Å². The highest BCUT2D eigenvalue weighted by Gasteiger charge is 2.46. The number of phenolic OH excluding ortho intramolecular Hbond substituents is 1. The minimum atomic E-state index is -0.142. The Hall–Kier alpha value is -2.57. The molecule has 0 aliphatic carbocycles. The summed E-state index contributed by atoms with van der Waals surface area (Å²) in [5.74, 6) is 0.706. The number of piperidine rings is 1. The van der Waals surface area contributed by atoms with Crippen molar-refractivity contribution >= 4 is 5.91 Å². The lowest BCUT2D eigenvalue weighted by atomic mass is 9.74. The minimum absolute atomic E-state index is 0.0148. The van der Waals surface area contributed by atoms with Crippen molar-refractivity contribution in [3.63, 3.8) is 0 Å². The summed E-state index contributed by atoms with van der Waals surface area (Å²) in [6.07, 6.45) is 0.262. The van der Waals surface area contributed by atoms with E-state index in [0.29, 0.717) is 12.2 Å². The van der Waals surface area contributed by atoms with Crippen molar-refractivity contribution in [2.45, 2.75) is 24.5 Å². The number of ether oxygens (including phenoxy) is 1. The Bertz CT molecular complexity index is 781. The standard InChI is InChI=1S/C19H21N3O3/c1-25-15-9-12(7-8-14(15)23)13-10-16(24)20-19-17(13)18(21-22-19)11-5-3-2-4-6-11/h2-9,13,17-19,21-23H,10H2,1H3,(H,20,24). The van der Waals surface area contributed by atoms with Crippen molar-refractivity contribution in [3.05, 3.63) is 59.7 Å². The first-order chi connectivity index (χ1) is 12.2. The van der Waals surface area contributed by atoms with Gasteiger partial charge in [0, 0.05) is 18.3 Å². The van der Waals surface area contributed by atoms with E-state index in [0.717, 1.165) is 5.56 Å². The van der Waals surface area contributed by atoms with Gasteiger partial charge in [-0.1, -0.05) is 36.4 Å². The average molecular weight is 339 g/mol. The summed E-state index contributed by atoms with van der Waals surface area (Å²) in [6, 6.07) is 15.6. The Kier molecular flexibility index (Phi) is 4.07. The number of hydrazine groups is 1. The topological polar surface area (TPSA) is 82.6 Å². The summed E-state index contributed by atoms with van der Waals surface area (Å²) in [4.78, 5) is 12.2. The summed E-state index contributed by atoms with van der Waals surface area (Å²) < 4.78 is 5.24. The summed E-state index contributed by atoms with van der Waals surface area (Å²) in [7, 11) is 1.53. The van der Waals surface area contributed by atoms with E-state index in [-0.39, 0.29) is 35.7 Å². The second kappa shape index (κ2) is 6.38. The third kappa shape index (κ3) is 2.83. The lowest BCUT2D eigenvalue weighted by Crippen LogP contribution is -2.52. The molecule has 2 heterocycles. The van der Waals surface area contributed by atoms with Gasteiger partial charge in [-0.15, -0.1) is 0 Å². The van der Waals surface area contributed by atoms with Gasteiger partial charge in [0.2, 0.25) is 5.91 Å². The molecule has 2 aromatic rings. The molecule has 0 radical (unpaired) electrons. The SMILES string of the molecule is COc1cc(C2CC(=O)NC3NNC(c4ccccc4)C32)ccc1O. The molecule has 1 amide bonds. The molecular weight excluding hydrogens is 318 g/mol. The molecule has 25 heavy (non-hydrogen) atoms. The Morgan fingerprint density at radius 3 is 2.64 bits per heavy atom. The number of phenols is 1. The van der Waals surface area contributed by atoms with Crippen LogP contribution in [0.3, 0.4) is 0 Å². The Labute approximate surface area is 146 Å². The number of carbonyl (C=O) groups is 1. The molecule has 0 saturated carbocycles. The number of fused-ring (bicyclic) bond motifs is 1. The molecule has 0 spiro atoms. The number of amides is 1. The Morgan fingerprint density at radius 1 is 1.08 bits per heavy atom. The third-order valence-electron chi connectivity index (χ3n) is 5.14. The molecule has 0 bridgehead atoms. The van der Waals surface area contributed by atoms with Gasteiger partial charge in [-0.25, -0.2) is 10.9 Å². The van der Waals surface area contributed by atoms with Crippen LogP contribution in [0.1, 0.15) is 29.5 Å². The fourth-order valence-electron chi connectivity index (χ4n) is 3.96. The predicted molar refractivity (Wildman–Crippen MR) is 92.9 cm³/mol. The quantitative estimate of drug-likeness (QED) is 0.685. The number of hydrogen-bond acceptors (Lipinski definition) is 5. The molecule has 6 heteroatoms. The Morgan fingerprint density at radius 2 is 1.88 bits per heavy atom. The molecule has 4 N–H and O–H groups in total. The van der Waals surface area contributed by atoms with Gasteiger partial charge in [-0.3, -0.25) is 4.79 Å². The van der Waals surface area contributed by atoms with Crippen LogP contribution in [0.25, 0.3) is 0 Å². The summed E-state index contributed by atoms with van der Waals surface area (Å²) in [5, 5.41) is 12.9. The summed E-state index contributed by atoms with van der Waals surface area (Å²) >= 11 is 0. The molecular formula is C19H21N3O3. The van der Waals surface area contributed by atoms with Crippen LogP contribution in [-0.4, -0.2) is 24.3 Å². The number of benzene rings is 2. The fourth-order valence-corrected chi connectivity index (χ4v) is 3.96. The molecule has 2 aliphatic heterocycles. The molecule has 4 unspecified atom stereocenters. The van der Waals surface area contributed by atoms with Crippen molar-refractivity contribution in [2.75, 3.05) is 7.11 Å². The molecule has 6 nitrogen and oxygen atoms in total. The number of aromatic hydroxyl groups is 1. The molecule has 130 valence electrons. The second-order valence-corrected chi connectivity index (χ2v) is 6.54. The van der Waals surface area contributed by atoms with Crippen molar-refractivity contribution in [2.24, 2.45) is 5.92 Å². The fraction of sp³-hybridized carbons (Fsp3) is 0.316. The van der Waals surface area contributed by atoms with Gasteiger partial charge in [-0.2, -0.15) is 0 Å². The maximum atomic E-state index is 12.2. The van der Waals surface area contributed by atoms with Crippen LogP contribution < -0.4 is 20.9 Å². The van der Waals surface area contributed by atoms with Crippen LogP contribution in [0.5, 0.6) is 11.5 Å². The minimum Gasteiger partial charge on any atom is -0.504 e. The molecule has 2 aliphatic rings. The van der Waals surface area contributed by atoms with E-state index in [2.05, 4.69) is 28.3 Å². The third-order valence-corrected chi connectivity index (χ3v) is 5.14. The summed E-state index contributed by atoms with van der Waals surface area (Å²) in [6.45, 7) is 0. The molecule has 2 aromatic carbocycles. The van der Waals surface area contributed by atoms with Gasteiger partial charge in [0.05, 0.1) is 19.3 Å². The first-order valence-corrected chi connectivity index (χ1v) is 8.39. The van der Waals surface area contributed by atoms with Gasteiger partial charge in [0.25, 0.3) is 0 Å². The summed E-state index contributed by atoms with van der Waals surface area (Å²) in [5.41, 5.74) is 8.71. The van der Waals surface area contributed by atoms with E-state index in [1.807, 2.05) is 30.3 Å². The number of nitrogens with one attached hydrogen (secondary N) is 3. The molecule has 4 rings (SSSR count). The highest BCUT2D eigenvalue weighted by molar-refractivity contribution is 5.78. The first-order valence-electron chi connectivity index (χ1n) is 8.39. The second-order valence-electron chi connectivity index (χ2n) is 6.54. The van der Waals surface area contributed by atoms with Gasteiger partial charge >= 0.3 is 0 Å². The lowest BCUT2D eigenvalue weighted by molar-refractivity contribution is -0.125. The van der Waals surface area contributed by atoms with Crippen molar-refractivity contribution in [3.8, 4) is 11.5 Å². The van der Waals surface area contributed by atoms with Crippen LogP contribution in [-0.2, 0) is 4.79 Å². The maximum absolute atomic E-state index is 12.2. The molecule has 2 saturated heterocycles. The highest BCUT2D eigenvalue weighted by atomic mass is 16.5. The van der Waals surface area contributed by atoms with Gasteiger partial charge in [0.1, 0.15) is 0 Å². The van der Waals surface area contributed by atoms with Gasteiger partial charge < -0.3 is 15.2 Å². The monoisotopic (exact) mass is 339 g/mol. The van der Waals surface area contributed by atoms with E-state index < -0.39 is 0 Å². The zero-order valence-electron chi connectivity index (χ0n) is 13.9. The average Bonchev–Trinajstić information content (AvgIpc) is 3.06. The molecule has 0 aromatic heterocycles.